The third-order valence-corrected chi connectivity index (χ3v) is 6.27. The van der Waals surface area contributed by atoms with Crippen LogP contribution in [0, 0.1) is 0 Å². The lowest BCUT2D eigenvalue weighted by molar-refractivity contribution is 0.702. The number of nitrogens with zero attached hydrogens (tertiary/aromatic N) is 2. The molecule has 152 valence electrons. The highest BCUT2D eigenvalue weighted by atomic mass is 32.1. The van der Waals surface area contributed by atoms with E-state index in [-0.39, 0.29) is 6.04 Å². The van der Waals surface area contributed by atoms with Crippen LogP contribution in [-0.4, -0.2) is 39.8 Å². The molecule has 1 atom stereocenters. The summed E-state index contributed by atoms with van der Waals surface area (Å²) in [6, 6.07) is 14.6. The van der Waals surface area contributed by atoms with Crippen molar-refractivity contribution in [2.24, 2.45) is 5.73 Å². The lowest BCUT2D eigenvalue weighted by Gasteiger charge is -2.11. The number of aromatic amines is 2. The Labute approximate surface area is 177 Å². The Hall–Kier alpha value is -3.36. The van der Waals surface area contributed by atoms with Crippen molar-refractivity contribution in [2.75, 3.05) is 24.2 Å². The maximum atomic E-state index is 6.39. The molecule has 0 fully saturated rings. The summed E-state index contributed by atoms with van der Waals surface area (Å²) in [4.78, 5) is 8.94. The van der Waals surface area contributed by atoms with Crippen molar-refractivity contribution in [3.8, 4) is 10.4 Å². The summed E-state index contributed by atoms with van der Waals surface area (Å²) in [6.07, 6.45) is 4.76. The van der Waals surface area contributed by atoms with E-state index in [1.165, 1.54) is 10.9 Å². The van der Waals surface area contributed by atoms with Gasteiger partial charge in [-0.15, -0.1) is 0 Å². The van der Waals surface area contributed by atoms with E-state index in [9.17, 15) is 0 Å². The lowest BCUT2D eigenvalue weighted by Crippen LogP contribution is -2.31. The van der Waals surface area contributed by atoms with Crippen molar-refractivity contribution in [3.63, 3.8) is 0 Å². The summed E-state index contributed by atoms with van der Waals surface area (Å²) in [5.41, 5.74) is 10.9. The minimum atomic E-state index is -0.00276. The molecule has 3 aromatic heterocycles. The van der Waals surface area contributed by atoms with Gasteiger partial charge in [-0.05, 0) is 35.7 Å². The number of thiazole rings is 1. The number of nitrogens with two attached hydrogens (primary N) is 1. The van der Waals surface area contributed by atoms with Crippen molar-refractivity contribution in [2.45, 2.75) is 12.5 Å². The van der Waals surface area contributed by atoms with Gasteiger partial charge in [0.1, 0.15) is 0 Å². The van der Waals surface area contributed by atoms with Gasteiger partial charge < -0.3 is 21.4 Å². The smallest absolute Gasteiger partial charge is 0.183 e. The molecule has 0 spiro atoms. The van der Waals surface area contributed by atoms with E-state index < -0.39 is 0 Å². The van der Waals surface area contributed by atoms with Crippen LogP contribution in [0.2, 0.25) is 0 Å². The first-order valence-electron chi connectivity index (χ1n) is 9.88. The second kappa shape index (κ2) is 7.81. The molecule has 0 unspecified atom stereocenters. The Bertz CT molecular complexity index is 1300. The largest absolute Gasteiger partial charge is 0.371 e. The number of aromatic nitrogens is 4. The van der Waals surface area contributed by atoms with E-state index >= 15 is 0 Å². The maximum Gasteiger partial charge on any atom is 0.183 e. The number of nitrogens with one attached hydrogen (secondary N) is 4. The molecule has 0 saturated carbocycles. The van der Waals surface area contributed by atoms with Gasteiger partial charge in [0.2, 0.25) is 0 Å². The molecule has 0 aliphatic rings. The van der Waals surface area contributed by atoms with Gasteiger partial charge in [0.15, 0.2) is 10.9 Å². The molecule has 5 aromatic rings. The van der Waals surface area contributed by atoms with Gasteiger partial charge in [-0.1, -0.05) is 35.6 Å². The van der Waals surface area contributed by atoms with E-state index in [0.717, 1.165) is 44.2 Å². The van der Waals surface area contributed by atoms with Crippen LogP contribution in [0.1, 0.15) is 5.56 Å². The molecule has 0 radical (unpaired) electrons. The molecule has 0 amide bonds. The fraction of sp³-hybridized carbons (Fsp3) is 0.182. The Balaban J connectivity index is 1.26. The standard InChI is InChI=1S/C22H23N7S/c1-24-21-17-9-13(6-7-19(17)28-29-21)20-12-27-22(30-20)26-11-15(23)8-14-10-25-18-5-3-2-4-16(14)18/h2-7,9-10,12,15,25H,8,11,23H2,1H3,(H,26,27)(H2,24,28,29)/t15-/m1/s1. The first-order chi connectivity index (χ1) is 14.7. The van der Waals surface area contributed by atoms with Gasteiger partial charge in [-0.3, -0.25) is 5.10 Å². The number of fused-ring (bicyclic) bond motifs is 2. The third kappa shape index (κ3) is 3.51. The Morgan fingerprint density at radius 3 is 2.93 bits per heavy atom. The van der Waals surface area contributed by atoms with Gasteiger partial charge in [0.25, 0.3) is 0 Å². The van der Waals surface area contributed by atoms with Crippen LogP contribution in [0.3, 0.4) is 0 Å². The minimum absolute atomic E-state index is 0.00276. The Morgan fingerprint density at radius 1 is 1.13 bits per heavy atom. The molecule has 6 N–H and O–H groups in total. The molecule has 5 rings (SSSR count). The van der Waals surface area contributed by atoms with Crippen molar-refractivity contribution < 1.29 is 0 Å². The second-order valence-electron chi connectivity index (χ2n) is 7.32. The number of para-hydroxylation sites is 1. The quantitative estimate of drug-likeness (QED) is 0.273. The first-order valence-corrected chi connectivity index (χ1v) is 10.7. The predicted octanol–water partition coefficient (Wildman–Crippen LogP) is 4.19. The molecule has 2 aromatic carbocycles. The third-order valence-electron chi connectivity index (χ3n) is 5.26. The van der Waals surface area contributed by atoms with Gasteiger partial charge in [-0.2, -0.15) is 5.10 Å². The summed E-state index contributed by atoms with van der Waals surface area (Å²) in [6.45, 7) is 0.664. The first kappa shape index (κ1) is 18.7. The molecule has 0 aliphatic heterocycles. The van der Waals surface area contributed by atoms with Crippen molar-refractivity contribution in [3.05, 3.63) is 60.4 Å². The molecule has 7 nitrogen and oxygen atoms in total. The predicted molar refractivity (Wildman–Crippen MR) is 125 cm³/mol. The molecule has 0 aliphatic carbocycles. The topological polar surface area (TPSA) is 107 Å². The number of hydrogen-bond donors (Lipinski definition) is 5. The van der Waals surface area contributed by atoms with Crippen LogP contribution in [-0.2, 0) is 6.42 Å². The zero-order valence-corrected chi connectivity index (χ0v) is 17.4. The number of hydrogen-bond acceptors (Lipinski definition) is 6. The van der Waals surface area contributed by atoms with Gasteiger partial charge >= 0.3 is 0 Å². The lowest BCUT2D eigenvalue weighted by atomic mass is 10.1. The Kier molecular flexibility index (Phi) is 4.86. The number of H-pyrrole nitrogens is 2. The van der Waals surface area contributed by atoms with Gasteiger partial charge in [-0.25, -0.2) is 4.98 Å². The van der Waals surface area contributed by atoms with Crippen molar-refractivity contribution in [1.29, 1.82) is 0 Å². The van der Waals surface area contributed by atoms with Crippen LogP contribution < -0.4 is 16.4 Å². The van der Waals surface area contributed by atoms with E-state index in [2.05, 4.69) is 67.3 Å². The summed E-state index contributed by atoms with van der Waals surface area (Å²) in [7, 11) is 1.87. The van der Waals surface area contributed by atoms with E-state index in [1.807, 2.05) is 25.4 Å². The highest BCUT2D eigenvalue weighted by molar-refractivity contribution is 7.18. The van der Waals surface area contributed by atoms with Crippen LogP contribution >= 0.6 is 11.3 Å². The fourth-order valence-electron chi connectivity index (χ4n) is 3.72. The molecule has 3 heterocycles. The minimum Gasteiger partial charge on any atom is -0.371 e. The van der Waals surface area contributed by atoms with Crippen LogP contribution in [0.4, 0.5) is 10.9 Å². The number of benzene rings is 2. The molecule has 0 bridgehead atoms. The summed E-state index contributed by atoms with van der Waals surface area (Å²) in [5, 5.41) is 17.0. The van der Waals surface area contributed by atoms with Crippen LogP contribution in [0.15, 0.2) is 54.9 Å². The molecule has 8 heteroatoms. The van der Waals surface area contributed by atoms with Crippen molar-refractivity contribution >= 4 is 44.1 Å². The summed E-state index contributed by atoms with van der Waals surface area (Å²) < 4.78 is 0. The highest BCUT2D eigenvalue weighted by Gasteiger charge is 2.11. The Morgan fingerprint density at radius 2 is 2.03 bits per heavy atom. The second-order valence-corrected chi connectivity index (χ2v) is 8.35. The molecular weight excluding hydrogens is 394 g/mol. The van der Waals surface area contributed by atoms with Gasteiger partial charge in [0, 0.05) is 48.3 Å². The van der Waals surface area contributed by atoms with Crippen LogP contribution in [0.25, 0.3) is 32.2 Å². The van der Waals surface area contributed by atoms with E-state index in [0.29, 0.717) is 6.54 Å². The van der Waals surface area contributed by atoms with Crippen LogP contribution in [0.5, 0.6) is 0 Å². The maximum absolute atomic E-state index is 6.39. The summed E-state index contributed by atoms with van der Waals surface area (Å²) >= 11 is 1.63. The average molecular weight is 418 g/mol. The average Bonchev–Trinajstić information content (AvgIpc) is 3.50. The molecular formula is C22H23N7S. The zero-order valence-electron chi connectivity index (χ0n) is 16.6. The normalized spacial score (nSPS) is 12.5. The fourth-order valence-corrected chi connectivity index (χ4v) is 4.54. The van der Waals surface area contributed by atoms with Crippen molar-refractivity contribution in [1.82, 2.24) is 20.2 Å². The van der Waals surface area contributed by atoms with Gasteiger partial charge in [0.05, 0.1) is 10.4 Å². The van der Waals surface area contributed by atoms with E-state index in [4.69, 9.17) is 5.73 Å². The molecule has 0 saturated heterocycles. The highest BCUT2D eigenvalue weighted by Crippen LogP contribution is 2.32. The number of rotatable bonds is 7. The summed E-state index contributed by atoms with van der Waals surface area (Å²) in [5.74, 6) is 0.845. The monoisotopic (exact) mass is 417 g/mol. The van der Waals surface area contributed by atoms with E-state index in [1.54, 1.807) is 11.3 Å². The molecule has 30 heavy (non-hydrogen) atoms. The SMILES string of the molecule is CNc1n[nH]c2ccc(-c3cnc(NC[C@H](N)Cc4c[nH]c5ccccc45)s3)cc12. The number of anilines is 2. The zero-order chi connectivity index (χ0) is 20.5.